The van der Waals surface area contributed by atoms with Gasteiger partial charge in [0, 0.05) is 26.3 Å². The van der Waals surface area contributed by atoms with Crippen LogP contribution in [0.2, 0.25) is 0 Å². The third kappa shape index (κ3) is 5.25. The number of nitrogens with zero attached hydrogens (tertiary/aromatic N) is 3. The summed E-state index contributed by atoms with van der Waals surface area (Å²) in [7, 11) is -6.35. The summed E-state index contributed by atoms with van der Waals surface area (Å²) in [5.41, 5.74) is 0.0165. The Hall–Kier alpha value is -2.92. The van der Waals surface area contributed by atoms with Crippen LogP contribution < -0.4 is 10.2 Å². The lowest BCUT2D eigenvalue weighted by Crippen LogP contribution is -2.52. The number of carbonyl (C=O) groups is 1. The first kappa shape index (κ1) is 25.7. The number of rotatable bonds is 8. The number of sulfone groups is 1. The van der Waals surface area contributed by atoms with Gasteiger partial charge in [0.1, 0.15) is 17.3 Å². The van der Waals surface area contributed by atoms with Crippen LogP contribution >= 0.6 is 0 Å². The second-order valence-corrected chi connectivity index (χ2v) is 11.8. The highest BCUT2D eigenvalue weighted by atomic mass is 32.2. The van der Waals surface area contributed by atoms with Gasteiger partial charge in [0.15, 0.2) is 14.9 Å². The first-order chi connectivity index (χ1) is 16.1. The largest absolute Gasteiger partial charge is 0.480 e. The number of imidazole rings is 1. The smallest absolute Gasteiger partial charge is 0.262 e. The van der Waals surface area contributed by atoms with E-state index in [0.717, 1.165) is 4.31 Å². The zero-order valence-electron chi connectivity index (χ0n) is 18.8. The Morgan fingerprint density at radius 1 is 1.24 bits per heavy atom. The average Bonchev–Trinajstić information content (AvgIpc) is 3.26. The van der Waals surface area contributed by atoms with Crippen molar-refractivity contribution in [3.05, 3.63) is 36.8 Å². The van der Waals surface area contributed by atoms with Crippen LogP contribution in [-0.2, 0) is 31.7 Å². The van der Waals surface area contributed by atoms with Gasteiger partial charge in [0.05, 0.1) is 17.5 Å². The van der Waals surface area contributed by atoms with Gasteiger partial charge < -0.3 is 9.30 Å². The van der Waals surface area contributed by atoms with Crippen LogP contribution in [0.1, 0.15) is 19.8 Å². The topological polar surface area (TPSA) is 148 Å². The van der Waals surface area contributed by atoms with E-state index >= 15 is 0 Å². The highest BCUT2D eigenvalue weighted by Gasteiger charge is 2.47. The highest BCUT2D eigenvalue weighted by Crippen LogP contribution is 2.38. The number of aromatic nitrogens is 2. The molecule has 2 heterocycles. The van der Waals surface area contributed by atoms with Crippen molar-refractivity contribution < 1.29 is 31.6 Å². The number of carbonyl (C=O) groups excluding carboxylic acids is 1. The molecule has 1 fully saturated rings. The molecule has 1 aliphatic heterocycles. The van der Waals surface area contributed by atoms with Gasteiger partial charge in [-0.3, -0.25) is 10.0 Å². The van der Waals surface area contributed by atoms with Gasteiger partial charge >= 0.3 is 0 Å². The van der Waals surface area contributed by atoms with Gasteiger partial charge in [0.25, 0.3) is 15.9 Å². The number of hydroxylamine groups is 1. The lowest BCUT2D eigenvalue weighted by atomic mass is 9.80. The first-order valence-electron chi connectivity index (χ1n) is 10.3. The van der Waals surface area contributed by atoms with Crippen LogP contribution in [-0.4, -0.2) is 67.3 Å². The minimum Gasteiger partial charge on any atom is -0.480 e. The molecule has 2 aromatic rings. The Morgan fingerprint density at radius 3 is 2.50 bits per heavy atom. The third-order valence-electron chi connectivity index (χ3n) is 5.68. The molecule has 1 amide bonds. The van der Waals surface area contributed by atoms with E-state index in [-0.39, 0.29) is 48.2 Å². The maximum atomic E-state index is 13.4. The van der Waals surface area contributed by atoms with Crippen LogP contribution in [0, 0.1) is 17.3 Å². The fourth-order valence-electron chi connectivity index (χ4n) is 3.82. The molecule has 1 aliphatic rings. The van der Waals surface area contributed by atoms with Gasteiger partial charge in [-0.25, -0.2) is 27.3 Å². The molecule has 0 saturated carbocycles. The summed E-state index contributed by atoms with van der Waals surface area (Å²) < 4.78 is 60.6. The molecule has 0 radical (unpaired) electrons. The Kier molecular flexibility index (Phi) is 7.67. The maximum Gasteiger partial charge on any atom is 0.262 e. The van der Waals surface area contributed by atoms with Crippen molar-refractivity contribution in [3.8, 4) is 17.6 Å². The lowest BCUT2D eigenvalue weighted by molar-refractivity contribution is -0.140. The molecule has 1 aromatic carbocycles. The zero-order valence-corrected chi connectivity index (χ0v) is 20.4. The number of amides is 1. The van der Waals surface area contributed by atoms with Gasteiger partial charge in [-0.15, -0.1) is 5.92 Å². The normalized spacial score (nSPS) is 16.3. The SMILES string of the molecule is CC#CCOc1ccccc1S(=O)(=O)CC1(C(=O)NO)CCN(S(=O)(=O)c2cn(C)cn2)CC1. The van der Waals surface area contributed by atoms with Crippen molar-refractivity contribution in [2.75, 3.05) is 25.4 Å². The molecule has 34 heavy (non-hydrogen) atoms. The first-order valence-corrected chi connectivity index (χ1v) is 13.4. The number of ether oxygens (including phenoxy) is 1. The summed E-state index contributed by atoms with van der Waals surface area (Å²) in [6.45, 7) is 1.38. The monoisotopic (exact) mass is 510 g/mol. The van der Waals surface area contributed by atoms with Crippen molar-refractivity contribution in [2.45, 2.75) is 29.7 Å². The molecule has 13 heteroatoms. The molecule has 1 saturated heterocycles. The second-order valence-electron chi connectivity index (χ2n) is 7.92. The highest BCUT2D eigenvalue weighted by molar-refractivity contribution is 7.91. The van der Waals surface area contributed by atoms with Crippen LogP contribution in [0.3, 0.4) is 0 Å². The predicted molar refractivity (Wildman–Crippen MR) is 121 cm³/mol. The summed E-state index contributed by atoms with van der Waals surface area (Å²) in [6.07, 6.45) is 2.49. The Morgan fingerprint density at radius 2 is 1.91 bits per heavy atom. The molecule has 11 nitrogen and oxygen atoms in total. The number of hydrogen-bond donors (Lipinski definition) is 2. The Balaban J connectivity index is 1.86. The van der Waals surface area contributed by atoms with Gasteiger partial charge in [0.2, 0.25) is 0 Å². The third-order valence-corrected chi connectivity index (χ3v) is 9.40. The van der Waals surface area contributed by atoms with E-state index in [2.05, 4.69) is 16.8 Å². The van der Waals surface area contributed by atoms with Gasteiger partial charge in [-0.1, -0.05) is 18.1 Å². The number of nitrogens with one attached hydrogen (secondary N) is 1. The van der Waals surface area contributed by atoms with Crippen molar-refractivity contribution >= 4 is 25.8 Å². The molecule has 1 aromatic heterocycles. The van der Waals surface area contributed by atoms with Crippen LogP contribution in [0.15, 0.2) is 46.7 Å². The minimum absolute atomic E-state index is 0.00829. The molecule has 3 rings (SSSR count). The Labute approximate surface area is 198 Å². The van der Waals surface area contributed by atoms with Crippen LogP contribution in [0.25, 0.3) is 0 Å². The summed E-state index contributed by atoms with van der Waals surface area (Å²) >= 11 is 0. The molecule has 0 spiro atoms. The average molecular weight is 511 g/mol. The summed E-state index contributed by atoms with van der Waals surface area (Å²) in [5, 5.41) is 9.21. The van der Waals surface area contributed by atoms with E-state index in [9.17, 15) is 26.8 Å². The van der Waals surface area contributed by atoms with E-state index in [1.165, 1.54) is 35.3 Å². The lowest BCUT2D eigenvalue weighted by Gasteiger charge is -2.38. The van der Waals surface area contributed by atoms with Crippen molar-refractivity contribution in [3.63, 3.8) is 0 Å². The zero-order chi connectivity index (χ0) is 25.0. The van der Waals surface area contributed by atoms with Crippen molar-refractivity contribution in [1.29, 1.82) is 0 Å². The Bertz CT molecular complexity index is 1320. The summed E-state index contributed by atoms with van der Waals surface area (Å²) in [5.74, 6) is 3.92. The van der Waals surface area contributed by atoms with E-state index in [1.807, 2.05) is 0 Å². The van der Waals surface area contributed by atoms with E-state index < -0.39 is 36.9 Å². The van der Waals surface area contributed by atoms with Gasteiger partial charge in [-0.2, -0.15) is 4.31 Å². The standard InChI is InChI=1S/C21H26N4O7S2/c1-3-4-13-32-17-7-5-6-8-18(17)33(28,29)15-21(20(26)23-27)9-11-25(12-10-21)34(30,31)19-14-24(2)16-22-19/h5-8,14,16,27H,9-13,15H2,1-2H3,(H,23,26). The van der Waals surface area contributed by atoms with Crippen molar-refractivity contribution in [2.24, 2.45) is 12.5 Å². The van der Waals surface area contributed by atoms with E-state index in [4.69, 9.17) is 4.74 Å². The quantitative estimate of drug-likeness (QED) is 0.298. The number of sulfonamides is 1. The number of benzene rings is 1. The molecular weight excluding hydrogens is 484 g/mol. The maximum absolute atomic E-state index is 13.4. The minimum atomic E-state index is -4.07. The van der Waals surface area contributed by atoms with E-state index in [0.29, 0.717) is 0 Å². The molecular formula is C21H26N4O7S2. The fraction of sp³-hybridized carbons (Fsp3) is 0.429. The van der Waals surface area contributed by atoms with Gasteiger partial charge in [-0.05, 0) is 31.9 Å². The van der Waals surface area contributed by atoms with Crippen LogP contribution in [0.5, 0.6) is 5.75 Å². The summed E-state index contributed by atoms with van der Waals surface area (Å²) in [4.78, 5) is 16.4. The molecule has 0 unspecified atom stereocenters. The summed E-state index contributed by atoms with van der Waals surface area (Å²) in [6, 6.07) is 6.01. The number of para-hydroxylation sites is 1. The predicted octanol–water partition coefficient (Wildman–Crippen LogP) is 0.572. The number of piperidine rings is 1. The molecule has 0 atom stereocenters. The number of aryl methyl sites for hydroxylation is 1. The molecule has 184 valence electrons. The molecule has 0 aliphatic carbocycles. The van der Waals surface area contributed by atoms with Crippen LogP contribution in [0.4, 0.5) is 0 Å². The second kappa shape index (κ2) is 10.1. The van der Waals surface area contributed by atoms with Crippen molar-refractivity contribution in [1.82, 2.24) is 19.3 Å². The molecule has 2 N–H and O–H groups in total. The fourth-order valence-corrected chi connectivity index (χ4v) is 7.25. The van der Waals surface area contributed by atoms with E-state index in [1.54, 1.807) is 25.5 Å². The number of hydrogen-bond acceptors (Lipinski definition) is 8. The molecule has 0 bridgehead atoms.